The minimum absolute atomic E-state index is 0.353. The molecule has 1 N–H and O–H groups in total. The van der Waals surface area contributed by atoms with E-state index in [1.807, 2.05) is 0 Å². The lowest BCUT2D eigenvalue weighted by Crippen LogP contribution is -2.35. The Bertz CT molecular complexity index is 197. The average Bonchev–Trinajstić information content (AvgIpc) is 2.74. The highest BCUT2D eigenvalue weighted by molar-refractivity contribution is 4.85. The Balaban J connectivity index is 2.14. The second kappa shape index (κ2) is 8.06. The highest BCUT2D eigenvalue weighted by atomic mass is 16.5. The first kappa shape index (κ1) is 14.9. The maximum absolute atomic E-state index is 5.61. The van der Waals surface area contributed by atoms with Crippen molar-refractivity contribution in [3.05, 3.63) is 0 Å². The number of hydrogen-bond donors (Lipinski definition) is 1. The second-order valence-corrected chi connectivity index (χ2v) is 5.52. The lowest BCUT2D eigenvalue weighted by Gasteiger charge is -2.24. The van der Waals surface area contributed by atoms with Gasteiger partial charge in [-0.25, -0.2) is 0 Å². The van der Waals surface area contributed by atoms with Gasteiger partial charge >= 0.3 is 0 Å². The summed E-state index contributed by atoms with van der Waals surface area (Å²) in [4.78, 5) is 2.47. The molecule has 0 bridgehead atoms. The maximum Gasteiger partial charge on any atom is 0.0596 e. The molecule has 0 aromatic rings. The molecule has 3 heteroatoms. The van der Waals surface area contributed by atoms with Crippen LogP contribution in [0.1, 0.15) is 46.5 Å². The Hall–Kier alpha value is -0.120. The van der Waals surface area contributed by atoms with Crippen molar-refractivity contribution in [2.75, 3.05) is 26.7 Å². The van der Waals surface area contributed by atoms with E-state index in [9.17, 15) is 0 Å². The van der Waals surface area contributed by atoms with Gasteiger partial charge in [0.25, 0.3) is 0 Å². The van der Waals surface area contributed by atoms with E-state index >= 15 is 0 Å². The van der Waals surface area contributed by atoms with Crippen LogP contribution in [0.15, 0.2) is 0 Å². The molecule has 0 aromatic heterocycles. The summed E-state index contributed by atoms with van der Waals surface area (Å²) in [5.74, 6) is 0. The number of likely N-dealkylation sites (N-methyl/N-ethyl adjacent to an activating group) is 1. The molecule has 0 heterocycles. The monoisotopic (exact) mass is 242 g/mol. The minimum atomic E-state index is 0.353. The molecule has 1 saturated carbocycles. The molecule has 1 rings (SSSR count). The third-order valence-electron chi connectivity index (χ3n) is 3.61. The van der Waals surface area contributed by atoms with E-state index in [0.29, 0.717) is 6.10 Å². The highest BCUT2D eigenvalue weighted by Crippen LogP contribution is 2.23. The van der Waals surface area contributed by atoms with Gasteiger partial charge in [0, 0.05) is 18.6 Å². The van der Waals surface area contributed by atoms with Crippen LogP contribution < -0.4 is 5.32 Å². The number of hydrogen-bond acceptors (Lipinski definition) is 3. The SMILES string of the molecule is CCCNC1CCC(N(C)CCOC(C)C)C1. The zero-order valence-electron chi connectivity index (χ0n) is 12.0. The van der Waals surface area contributed by atoms with E-state index in [0.717, 1.165) is 31.8 Å². The van der Waals surface area contributed by atoms with Gasteiger partial charge in [0.15, 0.2) is 0 Å². The van der Waals surface area contributed by atoms with Gasteiger partial charge in [0.05, 0.1) is 12.7 Å². The summed E-state index contributed by atoms with van der Waals surface area (Å²) in [5, 5.41) is 3.63. The molecule has 0 aromatic carbocycles. The largest absolute Gasteiger partial charge is 0.377 e. The van der Waals surface area contributed by atoms with Crippen molar-refractivity contribution >= 4 is 0 Å². The van der Waals surface area contributed by atoms with Crippen LogP contribution in [-0.2, 0) is 4.74 Å². The van der Waals surface area contributed by atoms with Crippen LogP contribution in [0.25, 0.3) is 0 Å². The van der Waals surface area contributed by atoms with E-state index in [1.165, 1.54) is 25.7 Å². The van der Waals surface area contributed by atoms with Crippen LogP contribution in [0.5, 0.6) is 0 Å². The summed E-state index contributed by atoms with van der Waals surface area (Å²) in [6, 6.07) is 1.49. The molecule has 3 nitrogen and oxygen atoms in total. The smallest absolute Gasteiger partial charge is 0.0596 e. The number of rotatable bonds is 8. The first-order valence-electron chi connectivity index (χ1n) is 7.18. The molecule has 1 aliphatic carbocycles. The number of nitrogens with zero attached hydrogens (tertiary/aromatic N) is 1. The molecule has 2 unspecified atom stereocenters. The predicted molar refractivity (Wildman–Crippen MR) is 73.4 cm³/mol. The fourth-order valence-electron chi connectivity index (χ4n) is 2.51. The van der Waals surface area contributed by atoms with Crippen LogP contribution in [0.4, 0.5) is 0 Å². The fourth-order valence-corrected chi connectivity index (χ4v) is 2.51. The zero-order valence-corrected chi connectivity index (χ0v) is 12.0. The summed E-state index contributed by atoms with van der Waals surface area (Å²) in [7, 11) is 2.23. The van der Waals surface area contributed by atoms with Gasteiger partial charge in [-0.3, -0.25) is 0 Å². The Labute approximate surface area is 107 Å². The van der Waals surface area contributed by atoms with Crippen molar-refractivity contribution < 1.29 is 4.74 Å². The van der Waals surface area contributed by atoms with E-state index in [2.05, 4.69) is 38.0 Å². The first-order chi connectivity index (χ1) is 8.13. The van der Waals surface area contributed by atoms with Gasteiger partial charge in [0.2, 0.25) is 0 Å². The first-order valence-corrected chi connectivity index (χ1v) is 7.18. The third-order valence-corrected chi connectivity index (χ3v) is 3.61. The molecule has 2 atom stereocenters. The Morgan fingerprint density at radius 1 is 1.35 bits per heavy atom. The van der Waals surface area contributed by atoms with Gasteiger partial charge in [0.1, 0.15) is 0 Å². The topological polar surface area (TPSA) is 24.5 Å². The lowest BCUT2D eigenvalue weighted by atomic mass is 10.2. The molecular formula is C14H30N2O. The van der Waals surface area contributed by atoms with E-state index in [4.69, 9.17) is 4.74 Å². The lowest BCUT2D eigenvalue weighted by molar-refractivity contribution is 0.0561. The Morgan fingerprint density at radius 3 is 2.76 bits per heavy atom. The molecule has 1 fully saturated rings. The minimum Gasteiger partial charge on any atom is -0.377 e. The summed E-state index contributed by atoms with van der Waals surface area (Å²) in [5.41, 5.74) is 0. The summed E-state index contributed by atoms with van der Waals surface area (Å²) in [6.07, 6.45) is 5.56. The second-order valence-electron chi connectivity index (χ2n) is 5.52. The van der Waals surface area contributed by atoms with Gasteiger partial charge < -0.3 is 15.0 Å². The van der Waals surface area contributed by atoms with Crippen LogP contribution in [-0.4, -0.2) is 49.8 Å². The molecule has 0 aliphatic heterocycles. The van der Waals surface area contributed by atoms with E-state index in [-0.39, 0.29) is 0 Å². The Morgan fingerprint density at radius 2 is 2.12 bits per heavy atom. The molecular weight excluding hydrogens is 212 g/mol. The van der Waals surface area contributed by atoms with Crippen molar-refractivity contribution in [3.8, 4) is 0 Å². The Kier molecular flexibility index (Phi) is 7.09. The fraction of sp³-hybridized carbons (Fsp3) is 1.00. The van der Waals surface area contributed by atoms with E-state index in [1.54, 1.807) is 0 Å². The average molecular weight is 242 g/mol. The molecule has 1 aliphatic rings. The molecule has 0 amide bonds. The highest BCUT2D eigenvalue weighted by Gasteiger charge is 2.26. The van der Waals surface area contributed by atoms with Crippen LogP contribution in [0.3, 0.4) is 0 Å². The normalized spacial score (nSPS) is 25.1. The zero-order chi connectivity index (χ0) is 12.7. The summed E-state index contributed by atoms with van der Waals surface area (Å²) < 4.78 is 5.61. The number of nitrogens with one attached hydrogen (secondary N) is 1. The quantitative estimate of drug-likeness (QED) is 0.706. The van der Waals surface area contributed by atoms with Crippen molar-refractivity contribution in [2.45, 2.75) is 64.6 Å². The van der Waals surface area contributed by atoms with Crippen LogP contribution in [0, 0.1) is 0 Å². The van der Waals surface area contributed by atoms with Crippen molar-refractivity contribution in [1.29, 1.82) is 0 Å². The van der Waals surface area contributed by atoms with Crippen molar-refractivity contribution in [1.82, 2.24) is 10.2 Å². The van der Waals surface area contributed by atoms with Crippen LogP contribution in [0.2, 0.25) is 0 Å². The van der Waals surface area contributed by atoms with Gasteiger partial charge in [-0.15, -0.1) is 0 Å². The predicted octanol–water partition coefficient (Wildman–Crippen LogP) is 2.26. The molecule has 17 heavy (non-hydrogen) atoms. The standard InChI is InChI=1S/C14H30N2O/c1-5-8-15-13-6-7-14(11-13)16(4)9-10-17-12(2)3/h12-15H,5-11H2,1-4H3. The summed E-state index contributed by atoms with van der Waals surface area (Å²) in [6.45, 7) is 9.51. The third kappa shape index (κ3) is 5.84. The van der Waals surface area contributed by atoms with E-state index < -0.39 is 0 Å². The maximum atomic E-state index is 5.61. The van der Waals surface area contributed by atoms with Gasteiger partial charge in [-0.1, -0.05) is 6.92 Å². The molecule has 0 radical (unpaired) electrons. The number of ether oxygens (including phenoxy) is 1. The van der Waals surface area contributed by atoms with Gasteiger partial charge in [-0.05, 0) is 53.1 Å². The van der Waals surface area contributed by atoms with Crippen molar-refractivity contribution in [2.24, 2.45) is 0 Å². The van der Waals surface area contributed by atoms with Crippen molar-refractivity contribution in [3.63, 3.8) is 0 Å². The molecule has 102 valence electrons. The molecule has 0 spiro atoms. The van der Waals surface area contributed by atoms with Gasteiger partial charge in [-0.2, -0.15) is 0 Å². The molecule has 0 saturated heterocycles. The summed E-state index contributed by atoms with van der Waals surface area (Å²) >= 11 is 0. The van der Waals surface area contributed by atoms with Crippen LogP contribution >= 0.6 is 0 Å².